The molecule has 7 nitrogen and oxygen atoms in total. The van der Waals surface area contributed by atoms with Gasteiger partial charge in [0, 0.05) is 24.4 Å². The van der Waals surface area contributed by atoms with Crippen LogP contribution in [0.15, 0.2) is 51.6 Å². The van der Waals surface area contributed by atoms with Crippen LogP contribution in [0.4, 0.5) is 4.39 Å². The number of esters is 1. The molecule has 0 bridgehead atoms. The number of rotatable bonds is 8. The van der Waals surface area contributed by atoms with Gasteiger partial charge in [0.2, 0.25) is 5.91 Å². The zero-order chi connectivity index (χ0) is 23.4. The Kier molecular flexibility index (Phi) is 7.49. The van der Waals surface area contributed by atoms with Crippen molar-refractivity contribution in [1.29, 1.82) is 0 Å². The number of ether oxygens (including phenoxy) is 1. The van der Waals surface area contributed by atoms with Crippen LogP contribution in [0.2, 0.25) is 0 Å². The van der Waals surface area contributed by atoms with Crippen LogP contribution in [0, 0.1) is 5.82 Å². The van der Waals surface area contributed by atoms with Crippen molar-refractivity contribution in [2.45, 2.75) is 38.6 Å². The van der Waals surface area contributed by atoms with Crippen molar-refractivity contribution in [1.82, 2.24) is 15.1 Å². The van der Waals surface area contributed by atoms with Gasteiger partial charge in [-0.3, -0.25) is 4.79 Å². The number of amidine groups is 1. The number of hydrogen-bond acceptors (Lipinski definition) is 7. The molecule has 3 aliphatic rings. The summed E-state index contributed by atoms with van der Waals surface area (Å²) >= 11 is 1.38. The first-order valence-electron chi connectivity index (χ1n) is 11.3. The lowest BCUT2D eigenvalue weighted by atomic mass is 9.92. The molecule has 0 radical (unpaired) electrons. The number of fused-ring (bicyclic) bond motifs is 1. The van der Waals surface area contributed by atoms with E-state index in [1.807, 2.05) is 12.3 Å². The molecule has 1 aromatic carbocycles. The first-order chi connectivity index (χ1) is 16.0. The number of likely N-dealkylation sites (tertiary alicyclic amines) is 1. The molecular weight excluding hydrogens is 443 g/mol. The number of allylic oxidation sites excluding steroid dienone is 1. The van der Waals surface area contributed by atoms with Gasteiger partial charge in [0.25, 0.3) is 0 Å². The maximum Gasteiger partial charge on any atom is 0.338 e. The molecule has 3 aliphatic heterocycles. The van der Waals surface area contributed by atoms with Crippen molar-refractivity contribution in [2.75, 3.05) is 33.3 Å². The molecule has 33 heavy (non-hydrogen) atoms. The average Bonchev–Trinajstić information content (AvgIpc) is 3.48. The van der Waals surface area contributed by atoms with Gasteiger partial charge in [-0.15, -0.1) is 0 Å². The molecule has 4 rings (SSSR count). The SMILES string of the molecule is CCC1=C(C(=O)OC)[C@@H](c2ccccc2F)N2C(CC(=O)NCCN3CCCC3)=CSC2=N1. The standard InChI is InChI=1S/C24H29FN4O3S/c1-3-19-21(23(31)32-2)22(17-8-4-5-9-18(17)25)29-16(15-33-24(29)27-19)14-20(30)26-10-13-28-11-6-7-12-28/h4-5,8-9,15,22H,3,6-7,10-14H2,1-2H3,(H,26,30)/t22-/m1/s1. The highest BCUT2D eigenvalue weighted by Crippen LogP contribution is 2.45. The minimum absolute atomic E-state index is 0.112. The zero-order valence-electron chi connectivity index (χ0n) is 19.0. The van der Waals surface area contributed by atoms with Gasteiger partial charge in [-0.25, -0.2) is 14.2 Å². The minimum atomic E-state index is -0.750. The fraction of sp³-hybridized carbons (Fsp3) is 0.458. The Balaban J connectivity index is 1.58. The Bertz CT molecular complexity index is 1020. The largest absolute Gasteiger partial charge is 0.466 e. The van der Waals surface area contributed by atoms with Crippen molar-refractivity contribution < 1.29 is 18.7 Å². The fourth-order valence-corrected chi connectivity index (χ4v) is 5.43. The molecule has 1 aromatic rings. The Morgan fingerprint density at radius 3 is 2.73 bits per heavy atom. The second kappa shape index (κ2) is 10.5. The van der Waals surface area contributed by atoms with Crippen LogP contribution in [-0.2, 0) is 14.3 Å². The van der Waals surface area contributed by atoms with Crippen molar-refractivity contribution in [3.63, 3.8) is 0 Å². The lowest BCUT2D eigenvalue weighted by Crippen LogP contribution is -2.39. The van der Waals surface area contributed by atoms with Gasteiger partial charge in [-0.1, -0.05) is 36.9 Å². The van der Waals surface area contributed by atoms with Crippen LogP contribution >= 0.6 is 11.8 Å². The predicted molar refractivity (Wildman–Crippen MR) is 127 cm³/mol. The molecule has 0 unspecified atom stereocenters. The number of carbonyl (C=O) groups is 2. The number of benzene rings is 1. The quantitative estimate of drug-likeness (QED) is 0.583. The molecule has 176 valence electrons. The van der Waals surface area contributed by atoms with Crippen LogP contribution < -0.4 is 5.32 Å². The summed E-state index contributed by atoms with van der Waals surface area (Å²) in [6.45, 7) is 5.49. The zero-order valence-corrected chi connectivity index (χ0v) is 19.8. The number of aliphatic imine (C=N–C) groups is 1. The van der Waals surface area contributed by atoms with Crippen LogP contribution in [0.3, 0.4) is 0 Å². The maximum atomic E-state index is 15.0. The monoisotopic (exact) mass is 472 g/mol. The van der Waals surface area contributed by atoms with E-state index in [-0.39, 0.29) is 12.3 Å². The summed E-state index contributed by atoms with van der Waals surface area (Å²) in [7, 11) is 1.31. The van der Waals surface area contributed by atoms with E-state index in [2.05, 4.69) is 15.2 Å². The molecule has 0 aliphatic carbocycles. The summed E-state index contributed by atoms with van der Waals surface area (Å²) in [5.74, 6) is -1.08. The maximum absolute atomic E-state index is 15.0. The summed E-state index contributed by atoms with van der Waals surface area (Å²) in [5.41, 5.74) is 1.90. The van der Waals surface area contributed by atoms with Gasteiger partial charge in [-0.2, -0.15) is 0 Å². The van der Waals surface area contributed by atoms with Gasteiger partial charge in [0.05, 0.1) is 30.8 Å². The highest BCUT2D eigenvalue weighted by Gasteiger charge is 2.42. The first-order valence-corrected chi connectivity index (χ1v) is 12.2. The topological polar surface area (TPSA) is 74.2 Å². The third-order valence-corrected chi connectivity index (χ3v) is 7.01. The Morgan fingerprint density at radius 2 is 2.03 bits per heavy atom. The molecule has 3 heterocycles. The van der Waals surface area contributed by atoms with Crippen molar-refractivity contribution in [3.05, 3.63) is 58.0 Å². The van der Waals surface area contributed by atoms with Crippen LogP contribution in [-0.4, -0.2) is 60.1 Å². The van der Waals surface area contributed by atoms with E-state index in [4.69, 9.17) is 4.74 Å². The van der Waals surface area contributed by atoms with E-state index in [1.165, 1.54) is 37.8 Å². The number of carbonyl (C=O) groups excluding carboxylic acids is 2. The second-order valence-electron chi connectivity index (χ2n) is 8.20. The number of nitrogens with one attached hydrogen (secondary N) is 1. The number of nitrogens with zero attached hydrogens (tertiary/aromatic N) is 3. The summed E-state index contributed by atoms with van der Waals surface area (Å²) in [5, 5.41) is 5.48. The lowest BCUT2D eigenvalue weighted by Gasteiger charge is -2.36. The van der Waals surface area contributed by atoms with Gasteiger partial charge in [-0.05, 0) is 43.8 Å². The molecule has 0 spiro atoms. The molecule has 1 N–H and O–H groups in total. The Hall–Kier alpha value is -2.65. The van der Waals surface area contributed by atoms with Gasteiger partial charge < -0.3 is 19.9 Å². The van der Waals surface area contributed by atoms with Crippen molar-refractivity contribution >= 4 is 28.8 Å². The molecule has 9 heteroatoms. The third kappa shape index (κ3) is 4.99. The van der Waals surface area contributed by atoms with E-state index < -0.39 is 17.8 Å². The van der Waals surface area contributed by atoms with E-state index in [1.54, 1.807) is 23.1 Å². The molecule has 0 saturated carbocycles. The minimum Gasteiger partial charge on any atom is -0.466 e. The number of methoxy groups -OCH3 is 1. The van der Waals surface area contributed by atoms with Crippen molar-refractivity contribution in [3.8, 4) is 0 Å². The molecule has 1 atom stereocenters. The first kappa shape index (κ1) is 23.5. The molecule has 1 amide bonds. The van der Waals surface area contributed by atoms with Crippen molar-refractivity contribution in [2.24, 2.45) is 4.99 Å². The molecule has 1 fully saturated rings. The van der Waals surface area contributed by atoms with E-state index in [0.29, 0.717) is 40.7 Å². The summed E-state index contributed by atoms with van der Waals surface area (Å²) in [6.07, 6.45) is 3.04. The van der Waals surface area contributed by atoms with Gasteiger partial charge in [0.1, 0.15) is 5.82 Å². The highest BCUT2D eigenvalue weighted by atomic mass is 32.2. The summed E-state index contributed by atoms with van der Waals surface area (Å²) < 4.78 is 20.0. The van der Waals surface area contributed by atoms with E-state index >= 15 is 0 Å². The average molecular weight is 473 g/mol. The van der Waals surface area contributed by atoms with Crippen LogP contribution in [0.25, 0.3) is 0 Å². The molecular formula is C24H29FN4O3S. The smallest absolute Gasteiger partial charge is 0.338 e. The Labute approximate surface area is 197 Å². The normalized spacial score (nSPS) is 20.5. The second-order valence-corrected chi connectivity index (χ2v) is 9.03. The lowest BCUT2D eigenvalue weighted by molar-refractivity contribution is -0.136. The number of hydrogen-bond donors (Lipinski definition) is 1. The number of thioether (sulfide) groups is 1. The predicted octanol–water partition coefficient (Wildman–Crippen LogP) is 3.57. The number of amides is 1. The molecule has 0 aromatic heterocycles. The fourth-order valence-electron chi connectivity index (χ4n) is 4.49. The van der Waals surface area contributed by atoms with Gasteiger partial charge in [0.15, 0.2) is 5.17 Å². The third-order valence-electron chi connectivity index (χ3n) is 6.12. The summed E-state index contributed by atoms with van der Waals surface area (Å²) in [6, 6.07) is 5.64. The van der Waals surface area contributed by atoms with Crippen LogP contribution in [0.5, 0.6) is 0 Å². The number of halogens is 1. The summed E-state index contributed by atoms with van der Waals surface area (Å²) in [4.78, 5) is 34.3. The highest BCUT2D eigenvalue weighted by molar-refractivity contribution is 8.16. The Morgan fingerprint density at radius 1 is 1.27 bits per heavy atom. The van der Waals surface area contributed by atoms with Crippen LogP contribution in [0.1, 0.15) is 44.2 Å². The van der Waals surface area contributed by atoms with Gasteiger partial charge >= 0.3 is 5.97 Å². The van der Waals surface area contributed by atoms with E-state index in [9.17, 15) is 14.0 Å². The van der Waals surface area contributed by atoms with E-state index in [0.717, 1.165) is 19.6 Å². The molecule has 1 saturated heterocycles.